The maximum absolute atomic E-state index is 5.49. The molecule has 2 aromatic rings. The van der Waals surface area contributed by atoms with Crippen LogP contribution in [0.15, 0.2) is 30.7 Å². The maximum atomic E-state index is 5.49. The number of pyridine rings is 2. The van der Waals surface area contributed by atoms with Crippen LogP contribution in [-0.2, 0) is 0 Å². The number of hydrogen-bond donors (Lipinski definition) is 1. The molecular weight excluding hydrogens is 138 g/mol. The van der Waals surface area contributed by atoms with E-state index in [0.29, 0.717) is 5.82 Å². The molecule has 54 valence electrons. The van der Waals surface area contributed by atoms with Gasteiger partial charge in [-0.05, 0) is 17.5 Å². The summed E-state index contributed by atoms with van der Waals surface area (Å²) < 4.78 is 0. The van der Waals surface area contributed by atoms with Gasteiger partial charge in [0.25, 0.3) is 0 Å². The second-order valence-corrected chi connectivity index (χ2v) is 2.33. The van der Waals surface area contributed by atoms with E-state index >= 15 is 0 Å². The molecule has 2 aromatic heterocycles. The van der Waals surface area contributed by atoms with Gasteiger partial charge < -0.3 is 5.73 Å². The fourth-order valence-electron chi connectivity index (χ4n) is 0.997. The molecule has 0 aliphatic heterocycles. The normalized spacial score (nSPS) is 10.2. The van der Waals surface area contributed by atoms with E-state index in [1.165, 1.54) is 0 Å². The Morgan fingerprint density at radius 1 is 1.18 bits per heavy atom. The van der Waals surface area contributed by atoms with Gasteiger partial charge in [-0.15, -0.1) is 0 Å². The zero-order chi connectivity index (χ0) is 7.68. The summed E-state index contributed by atoms with van der Waals surface area (Å²) >= 11 is 0. The van der Waals surface area contributed by atoms with Gasteiger partial charge in [-0.2, -0.15) is 0 Å². The van der Waals surface area contributed by atoms with E-state index in [1.807, 2.05) is 12.1 Å². The molecular formula is C8H7N3. The molecule has 3 heteroatoms. The SMILES string of the molecule is Nc1cc2ccncc2cn1. The topological polar surface area (TPSA) is 51.8 Å². The average Bonchev–Trinajstić information content (AvgIpc) is 2.04. The number of aromatic nitrogens is 2. The summed E-state index contributed by atoms with van der Waals surface area (Å²) in [5.41, 5.74) is 5.49. The first kappa shape index (κ1) is 6.09. The number of hydrogen-bond acceptors (Lipinski definition) is 3. The van der Waals surface area contributed by atoms with Crippen molar-refractivity contribution in [2.75, 3.05) is 5.73 Å². The molecule has 2 rings (SSSR count). The fraction of sp³-hybridized carbons (Fsp3) is 0. The third-order valence-electron chi connectivity index (χ3n) is 1.54. The lowest BCUT2D eigenvalue weighted by molar-refractivity contribution is 1.32. The standard InChI is InChI=1S/C8H7N3/c9-8-3-6-1-2-10-4-7(6)5-11-8/h1-5H,(H2,9,11). The second kappa shape index (κ2) is 2.20. The summed E-state index contributed by atoms with van der Waals surface area (Å²) in [6.07, 6.45) is 5.22. The lowest BCUT2D eigenvalue weighted by Gasteiger charge is -1.95. The lowest BCUT2D eigenvalue weighted by atomic mass is 10.2. The molecule has 0 bridgehead atoms. The van der Waals surface area contributed by atoms with Crippen LogP contribution in [0.5, 0.6) is 0 Å². The Kier molecular flexibility index (Phi) is 1.22. The van der Waals surface area contributed by atoms with Crippen molar-refractivity contribution in [3.63, 3.8) is 0 Å². The highest BCUT2D eigenvalue weighted by Gasteiger charge is 1.91. The molecule has 2 heterocycles. The van der Waals surface area contributed by atoms with Gasteiger partial charge >= 0.3 is 0 Å². The monoisotopic (exact) mass is 145 g/mol. The van der Waals surface area contributed by atoms with Crippen LogP contribution in [0, 0.1) is 0 Å². The molecule has 2 N–H and O–H groups in total. The molecule has 0 unspecified atom stereocenters. The molecule has 0 aromatic carbocycles. The molecule has 0 atom stereocenters. The van der Waals surface area contributed by atoms with Gasteiger partial charge in [0.1, 0.15) is 5.82 Å². The van der Waals surface area contributed by atoms with Crippen LogP contribution in [0.3, 0.4) is 0 Å². The Morgan fingerprint density at radius 2 is 2.09 bits per heavy atom. The Balaban J connectivity index is 2.83. The van der Waals surface area contributed by atoms with Crippen molar-refractivity contribution in [2.24, 2.45) is 0 Å². The van der Waals surface area contributed by atoms with E-state index in [4.69, 9.17) is 5.73 Å². The van der Waals surface area contributed by atoms with Crippen molar-refractivity contribution in [1.29, 1.82) is 0 Å². The second-order valence-electron chi connectivity index (χ2n) is 2.33. The molecule has 0 saturated heterocycles. The average molecular weight is 145 g/mol. The molecule has 3 nitrogen and oxygen atoms in total. The molecule has 11 heavy (non-hydrogen) atoms. The minimum absolute atomic E-state index is 0.545. The fourth-order valence-corrected chi connectivity index (χ4v) is 0.997. The number of nitrogens with two attached hydrogens (primary N) is 1. The van der Waals surface area contributed by atoms with Gasteiger partial charge in [-0.3, -0.25) is 4.98 Å². The number of fused-ring (bicyclic) bond motifs is 1. The van der Waals surface area contributed by atoms with E-state index in [1.54, 1.807) is 18.6 Å². The Hall–Kier alpha value is -1.64. The largest absolute Gasteiger partial charge is 0.384 e. The summed E-state index contributed by atoms with van der Waals surface area (Å²) in [7, 11) is 0. The summed E-state index contributed by atoms with van der Waals surface area (Å²) in [4.78, 5) is 7.91. The van der Waals surface area contributed by atoms with Crippen LogP contribution >= 0.6 is 0 Å². The van der Waals surface area contributed by atoms with Crippen LogP contribution in [0.2, 0.25) is 0 Å². The van der Waals surface area contributed by atoms with Gasteiger partial charge in [0.2, 0.25) is 0 Å². The summed E-state index contributed by atoms with van der Waals surface area (Å²) in [6, 6.07) is 3.74. The van der Waals surface area contributed by atoms with Gasteiger partial charge in [-0.1, -0.05) is 0 Å². The van der Waals surface area contributed by atoms with Crippen LogP contribution in [-0.4, -0.2) is 9.97 Å². The number of rotatable bonds is 0. The first-order valence-corrected chi connectivity index (χ1v) is 3.31. The highest BCUT2D eigenvalue weighted by atomic mass is 14.8. The molecule has 0 fully saturated rings. The zero-order valence-electron chi connectivity index (χ0n) is 5.86. The Labute approximate surface area is 63.9 Å². The summed E-state index contributed by atoms with van der Waals surface area (Å²) in [6.45, 7) is 0. The Bertz CT molecular complexity index is 384. The van der Waals surface area contributed by atoms with Crippen molar-refractivity contribution in [1.82, 2.24) is 9.97 Å². The van der Waals surface area contributed by atoms with Gasteiger partial charge in [0.15, 0.2) is 0 Å². The molecule has 0 amide bonds. The van der Waals surface area contributed by atoms with Crippen molar-refractivity contribution >= 4 is 16.6 Å². The van der Waals surface area contributed by atoms with Gasteiger partial charge in [-0.25, -0.2) is 4.98 Å². The van der Waals surface area contributed by atoms with Crippen molar-refractivity contribution < 1.29 is 0 Å². The third kappa shape index (κ3) is 1.00. The van der Waals surface area contributed by atoms with Gasteiger partial charge in [0, 0.05) is 24.0 Å². The van der Waals surface area contributed by atoms with Crippen molar-refractivity contribution in [2.45, 2.75) is 0 Å². The lowest BCUT2D eigenvalue weighted by Crippen LogP contribution is -1.88. The quantitative estimate of drug-likeness (QED) is 0.606. The highest BCUT2D eigenvalue weighted by Crippen LogP contribution is 2.12. The predicted octanol–water partition coefficient (Wildman–Crippen LogP) is 1.21. The molecule has 0 saturated carbocycles. The van der Waals surface area contributed by atoms with E-state index in [-0.39, 0.29) is 0 Å². The third-order valence-corrected chi connectivity index (χ3v) is 1.54. The minimum atomic E-state index is 0.545. The smallest absolute Gasteiger partial charge is 0.123 e. The number of nitrogen functional groups attached to an aromatic ring is 1. The first-order valence-electron chi connectivity index (χ1n) is 3.31. The predicted molar refractivity (Wildman–Crippen MR) is 44.0 cm³/mol. The van der Waals surface area contributed by atoms with Crippen LogP contribution < -0.4 is 5.73 Å². The van der Waals surface area contributed by atoms with E-state index in [2.05, 4.69) is 9.97 Å². The van der Waals surface area contributed by atoms with E-state index < -0.39 is 0 Å². The number of nitrogens with zero attached hydrogens (tertiary/aromatic N) is 2. The molecule has 0 spiro atoms. The van der Waals surface area contributed by atoms with E-state index in [0.717, 1.165) is 10.8 Å². The summed E-state index contributed by atoms with van der Waals surface area (Å²) in [5.74, 6) is 0.545. The minimum Gasteiger partial charge on any atom is -0.384 e. The molecule has 0 radical (unpaired) electrons. The number of anilines is 1. The van der Waals surface area contributed by atoms with E-state index in [9.17, 15) is 0 Å². The first-order chi connectivity index (χ1) is 5.36. The van der Waals surface area contributed by atoms with Crippen LogP contribution in [0.4, 0.5) is 5.82 Å². The van der Waals surface area contributed by atoms with Gasteiger partial charge in [0.05, 0.1) is 0 Å². The zero-order valence-corrected chi connectivity index (χ0v) is 5.86. The van der Waals surface area contributed by atoms with Crippen LogP contribution in [0.1, 0.15) is 0 Å². The maximum Gasteiger partial charge on any atom is 0.123 e. The van der Waals surface area contributed by atoms with Crippen LogP contribution in [0.25, 0.3) is 10.8 Å². The molecule has 0 aliphatic carbocycles. The summed E-state index contributed by atoms with van der Waals surface area (Å²) in [5, 5.41) is 2.09. The van der Waals surface area contributed by atoms with Crippen molar-refractivity contribution in [3.8, 4) is 0 Å². The Morgan fingerprint density at radius 3 is 3.00 bits per heavy atom. The highest BCUT2D eigenvalue weighted by molar-refractivity contribution is 5.82. The molecule has 0 aliphatic rings. The van der Waals surface area contributed by atoms with Crippen molar-refractivity contribution in [3.05, 3.63) is 30.7 Å².